The lowest BCUT2D eigenvalue weighted by atomic mass is 10.3. The molecule has 0 aliphatic heterocycles. The smallest absolute Gasteiger partial charge is 0.241 e. The van der Waals surface area contributed by atoms with Crippen LogP contribution >= 0.6 is 0 Å². The predicted molar refractivity (Wildman–Crippen MR) is 94.7 cm³/mol. The molecule has 0 saturated carbocycles. The summed E-state index contributed by atoms with van der Waals surface area (Å²) in [6.07, 6.45) is 0. The van der Waals surface area contributed by atoms with E-state index in [-0.39, 0.29) is 11.4 Å². The van der Waals surface area contributed by atoms with Gasteiger partial charge in [0.15, 0.2) is 11.5 Å². The lowest BCUT2D eigenvalue weighted by Crippen LogP contribution is -2.25. The van der Waals surface area contributed by atoms with Gasteiger partial charge in [-0.25, -0.2) is 23.1 Å². The number of nitrogens with zero attached hydrogens (tertiary/aromatic N) is 3. The van der Waals surface area contributed by atoms with E-state index in [0.29, 0.717) is 23.1 Å². The van der Waals surface area contributed by atoms with Gasteiger partial charge in [-0.15, -0.1) is 0 Å². The standard InChI is InChI=1S/C16H22N4O4S/c1-11-8-16(20(2)3)19-15(18-11)10-17-25(21,22)12-6-7-13(23-4)14(9-12)24-5/h6-9,17H,10H2,1-5H3. The Morgan fingerprint density at radius 3 is 2.36 bits per heavy atom. The molecule has 0 saturated heterocycles. The van der Waals surface area contributed by atoms with Crippen molar-refractivity contribution in [3.8, 4) is 11.5 Å². The van der Waals surface area contributed by atoms with Crippen LogP contribution in [0.2, 0.25) is 0 Å². The topological polar surface area (TPSA) is 93.7 Å². The van der Waals surface area contributed by atoms with E-state index < -0.39 is 10.0 Å². The van der Waals surface area contributed by atoms with Gasteiger partial charge in [0, 0.05) is 31.9 Å². The molecule has 8 nitrogen and oxygen atoms in total. The maximum atomic E-state index is 12.5. The van der Waals surface area contributed by atoms with Crippen molar-refractivity contribution in [3.63, 3.8) is 0 Å². The fourth-order valence-electron chi connectivity index (χ4n) is 2.15. The average Bonchev–Trinajstić information content (AvgIpc) is 2.58. The predicted octanol–water partition coefficient (Wildman–Crippen LogP) is 1.35. The highest BCUT2D eigenvalue weighted by molar-refractivity contribution is 7.89. The van der Waals surface area contributed by atoms with E-state index in [4.69, 9.17) is 9.47 Å². The number of methoxy groups -OCH3 is 2. The first kappa shape index (κ1) is 18.9. The van der Waals surface area contributed by atoms with Crippen LogP contribution in [0.3, 0.4) is 0 Å². The van der Waals surface area contributed by atoms with E-state index in [0.717, 1.165) is 5.69 Å². The highest BCUT2D eigenvalue weighted by Crippen LogP contribution is 2.29. The zero-order valence-electron chi connectivity index (χ0n) is 14.9. The van der Waals surface area contributed by atoms with Gasteiger partial charge in [-0.2, -0.15) is 0 Å². The molecule has 0 atom stereocenters. The Morgan fingerprint density at radius 2 is 1.76 bits per heavy atom. The van der Waals surface area contributed by atoms with Crippen molar-refractivity contribution in [1.29, 1.82) is 0 Å². The van der Waals surface area contributed by atoms with Gasteiger partial charge >= 0.3 is 0 Å². The van der Waals surface area contributed by atoms with Gasteiger partial charge in [0.2, 0.25) is 10.0 Å². The number of hydrogen-bond acceptors (Lipinski definition) is 7. The number of anilines is 1. The Morgan fingerprint density at radius 1 is 1.08 bits per heavy atom. The lowest BCUT2D eigenvalue weighted by molar-refractivity contribution is 0.354. The van der Waals surface area contributed by atoms with Crippen LogP contribution in [0, 0.1) is 6.92 Å². The lowest BCUT2D eigenvalue weighted by Gasteiger charge is -2.14. The number of rotatable bonds is 7. The molecule has 1 aromatic carbocycles. The van der Waals surface area contributed by atoms with Gasteiger partial charge in [-0.05, 0) is 19.1 Å². The third kappa shape index (κ3) is 4.58. The van der Waals surface area contributed by atoms with Crippen LogP contribution in [0.1, 0.15) is 11.5 Å². The van der Waals surface area contributed by atoms with Crippen LogP contribution in [0.15, 0.2) is 29.2 Å². The van der Waals surface area contributed by atoms with Gasteiger partial charge in [-0.1, -0.05) is 0 Å². The largest absolute Gasteiger partial charge is 0.493 e. The second kappa shape index (κ2) is 7.66. The SMILES string of the molecule is COc1ccc(S(=O)(=O)NCc2nc(C)cc(N(C)C)n2)cc1OC. The molecule has 2 aromatic rings. The molecule has 0 unspecified atom stereocenters. The highest BCUT2D eigenvalue weighted by Gasteiger charge is 2.17. The Labute approximate surface area is 147 Å². The molecule has 0 spiro atoms. The number of nitrogens with one attached hydrogen (secondary N) is 1. The molecular weight excluding hydrogens is 344 g/mol. The second-order valence-corrected chi connectivity index (χ2v) is 7.29. The van der Waals surface area contributed by atoms with Crippen LogP contribution in [0.25, 0.3) is 0 Å². The van der Waals surface area contributed by atoms with Crippen LogP contribution in [-0.4, -0.2) is 46.7 Å². The summed E-state index contributed by atoms with van der Waals surface area (Å²) in [7, 11) is 2.92. The molecule has 136 valence electrons. The molecule has 9 heteroatoms. The maximum absolute atomic E-state index is 12.5. The molecule has 0 bridgehead atoms. The van der Waals surface area contributed by atoms with Crippen molar-refractivity contribution in [2.45, 2.75) is 18.4 Å². The molecule has 1 heterocycles. The second-order valence-electron chi connectivity index (χ2n) is 5.52. The van der Waals surface area contributed by atoms with E-state index in [9.17, 15) is 8.42 Å². The number of hydrogen-bond donors (Lipinski definition) is 1. The number of benzene rings is 1. The molecule has 0 amide bonds. The minimum atomic E-state index is -3.74. The van der Waals surface area contributed by atoms with E-state index in [1.54, 1.807) is 6.07 Å². The molecule has 0 aliphatic carbocycles. The Balaban J connectivity index is 2.22. The van der Waals surface area contributed by atoms with Crippen LogP contribution in [0.4, 0.5) is 5.82 Å². The maximum Gasteiger partial charge on any atom is 0.241 e. The van der Waals surface area contributed by atoms with E-state index in [1.165, 1.54) is 26.4 Å². The highest BCUT2D eigenvalue weighted by atomic mass is 32.2. The molecule has 0 radical (unpaired) electrons. The first-order valence-electron chi connectivity index (χ1n) is 7.50. The van der Waals surface area contributed by atoms with Gasteiger partial charge in [-0.3, -0.25) is 0 Å². The summed E-state index contributed by atoms with van der Waals surface area (Å²) in [5, 5.41) is 0. The van der Waals surface area contributed by atoms with Crippen molar-refractivity contribution < 1.29 is 17.9 Å². The van der Waals surface area contributed by atoms with E-state index >= 15 is 0 Å². The van der Waals surface area contributed by atoms with Crippen molar-refractivity contribution in [2.75, 3.05) is 33.2 Å². The molecule has 1 N–H and O–H groups in total. The molecule has 0 aliphatic rings. The summed E-state index contributed by atoms with van der Waals surface area (Å²) >= 11 is 0. The van der Waals surface area contributed by atoms with Crippen molar-refractivity contribution in [3.05, 3.63) is 35.8 Å². The first-order chi connectivity index (χ1) is 11.8. The zero-order valence-corrected chi connectivity index (χ0v) is 15.7. The normalized spacial score (nSPS) is 11.2. The first-order valence-corrected chi connectivity index (χ1v) is 8.98. The fourth-order valence-corrected chi connectivity index (χ4v) is 3.14. The minimum Gasteiger partial charge on any atom is -0.493 e. The van der Waals surface area contributed by atoms with Crippen molar-refractivity contribution in [1.82, 2.24) is 14.7 Å². The molecule has 1 aromatic heterocycles. The fraction of sp³-hybridized carbons (Fsp3) is 0.375. The monoisotopic (exact) mass is 366 g/mol. The molecule has 25 heavy (non-hydrogen) atoms. The number of aryl methyl sites for hydroxylation is 1. The summed E-state index contributed by atoms with van der Waals surface area (Å²) in [6, 6.07) is 6.22. The van der Waals surface area contributed by atoms with Crippen LogP contribution < -0.4 is 19.1 Å². The molecule has 2 rings (SSSR count). The Hall–Kier alpha value is -2.39. The Bertz CT molecular complexity index is 853. The van der Waals surface area contributed by atoms with Gasteiger partial charge in [0.05, 0.1) is 25.7 Å². The van der Waals surface area contributed by atoms with Crippen molar-refractivity contribution >= 4 is 15.8 Å². The third-order valence-electron chi connectivity index (χ3n) is 3.43. The number of sulfonamides is 1. The summed E-state index contributed by atoms with van der Waals surface area (Å²) < 4.78 is 37.8. The Kier molecular flexibility index (Phi) is 5.81. The van der Waals surface area contributed by atoms with Gasteiger partial charge in [0.25, 0.3) is 0 Å². The van der Waals surface area contributed by atoms with E-state index in [1.807, 2.05) is 32.0 Å². The third-order valence-corrected chi connectivity index (χ3v) is 4.83. The van der Waals surface area contributed by atoms with Gasteiger partial charge < -0.3 is 14.4 Å². The summed E-state index contributed by atoms with van der Waals surface area (Å²) in [5.41, 5.74) is 0.763. The summed E-state index contributed by atoms with van der Waals surface area (Å²) in [4.78, 5) is 10.5. The van der Waals surface area contributed by atoms with Crippen LogP contribution in [0.5, 0.6) is 11.5 Å². The molecular formula is C16H22N4O4S. The van der Waals surface area contributed by atoms with Crippen LogP contribution in [-0.2, 0) is 16.6 Å². The van der Waals surface area contributed by atoms with Crippen molar-refractivity contribution in [2.24, 2.45) is 0 Å². The number of aromatic nitrogens is 2. The summed E-state index contributed by atoms with van der Waals surface area (Å²) in [6.45, 7) is 1.82. The average molecular weight is 366 g/mol. The van der Waals surface area contributed by atoms with Gasteiger partial charge in [0.1, 0.15) is 11.6 Å². The van der Waals surface area contributed by atoms with E-state index in [2.05, 4.69) is 14.7 Å². The summed E-state index contributed by atoms with van der Waals surface area (Å²) in [5.74, 6) is 1.91. The zero-order chi connectivity index (χ0) is 18.6. The quantitative estimate of drug-likeness (QED) is 0.790. The molecule has 0 fully saturated rings. The number of ether oxygens (including phenoxy) is 2. The minimum absolute atomic E-state index is 0.0147.